The number of amides is 1. The fourth-order valence-corrected chi connectivity index (χ4v) is 9.08. The Hall–Kier alpha value is -4.67. The number of ketones is 1. The molecule has 60 heavy (non-hydrogen) atoms. The van der Waals surface area contributed by atoms with Crippen molar-refractivity contribution in [1.29, 1.82) is 0 Å². The maximum absolute atomic E-state index is 14.4. The number of methoxy groups -OCH3 is 1. The van der Waals surface area contributed by atoms with Crippen molar-refractivity contribution in [2.24, 2.45) is 28.8 Å². The van der Waals surface area contributed by atoms with E-state index in [4.69, 9.17) is 14.2 Å². The Kier molecular flexibility index (Phi) is 13.6. The third kappa shape index (κ3) is 8.47. The number of anilines is 1. The van der Waals surface area contributed by atoms with Crippen LogP contribution in [0.3, 0.4) is 0 Å². The molecule has 9 atom stereocenters. The number of carbonyl (C=O) groups is 2. The molecular formula is C45H62N4O11. The average molecular weight is 835 g/mol. The van der Waals surface area contributed by atoms with Crippen molar-refractivity contribution in [2.75, 3.05) is 38.6 Å². The van der Waals surface area contributed by atoms with E-state index < -0.39 is 82.8 Å². The molecule has 1 saturated heterocycles. The summed E-state index contributed by atoms with van der Waals surface area (Å²) in [6, 6.07) is 0.561. The number of ether oxygens (including phenoxy) is 3. The van der Waals surface area contributed by atoms with Crippen LogP contribution in [0.4, 0.5) is 5.69 Å². The Bertz CT molecular complexity index is 2070. The number of hydrogen-bond acceptors (Lipinski definition) is 14. The molecule has 0 radical (unpaired) electrons. The largest absolute Gasteiger partial charge is 0.507 e. The molecule has 5 aliphatic rings. The maximum Gasteiger partial charge on any atom is 0.312 e. The van der Waals surface area contributed by atoms with Crippen molar-refractivity contribution in [3.63, 3.8) is 0 Å². The van der Waals surface area contributed by atoms with Crippen LogP contribution in [0.2, 0.25) is 0 Å². The molecule has 0 unspecified atom stereocenters. The maximum atomic E-state index is 14.4. The summed E-state index contributed by atoms with van der Waals surface area (Å²) in [4.78, 5) is 30.7. The molecule has 2 aromatic rings. The van der Waals surface area contributed by atoms with Gasteiger partial charge in [0.2, 0.25) is 0 Å². The van der Waals surface area contributed by atoms with E-state index in [1.54, 1.807) is 46.8 Å². The Labute approximate surface area is 351 Å². The van der Waals surface area contributed by atoms with Gasteiger partial charge >= 0.3 is 5.79 Å². The van der Waals surface area contributed by atoms with Crippen molar-refractivity contribution in [2.45, 2.75) is 110 Å². The van der Waals surface area contributed by atoms with Gasteiger partial charge in [-0.05, 0) is 32.8 Å². The first-order valence-electron chi connectivity index (χ1n) is 21.0. The van der Waals surface area contributed by atoms with Crippen LogP contribution in [0.15, 0.2) is 41.2 Å². The lowest BCUT2D eigenvalue weighted by Gasteiger charge is -2.36. The fourth-order valence-electron chi connectivity index (χ4n) is 9.08. The highest BCUT2D eigenvalue weighted by molar-refractivity contribution is 6.23. The molecule has 2 fully saturated rings. The standard InChI is InChI=1S/C45H62N4O11/c1-23-12-11-13-24(2)44(57)47-35-30(22-46-49-19-17-48(18-20-49)29-14-9-10-15-29)40(54)32-33(41(35)55)39(53)28(6)42-34(32)43(56)45(7,60-42)59-21-16-31(58-8)25(3)37(51)27(5)38(52)26(4)36(23)50/h11-13,16,21-23,25-27,29,31,36-38,50-55H,9-10,14-15,17-20H2,1-8H3,(H,47,57)/b12-11-,21-16-,24-13-,46-22?/t23-,25+,26+,27-,31-,36-,37+,38+,45-/m0/s1. The van der Waals surface area contributed by atoms with Gasteiger partial charge in [0, 0.05) is 86.4 Å². The van der Waals surface area contributed by atoms with Crippen LogP contribution in [-0.2, 0) is 14.3 Å². The van der Waals surface area contributed by atoms with Crippen LogP contribution >= 0.6 is 0 Å². The molecule has 7 N–H and O–H groups in total. The van der Waals surface area contributed by atoms with Crippen LogP contribution in [0, 0.1) is 30.6 Å². The van der Waals surface area contributed by atoms with Crippen LogP contribution in [0.25, 0.3) is 10.8 Å². The Morgan fingerprint density at radius 2 is 1.50 bits per heavy atom. The number of carbonyl (C=O) groups excluding carboxylic acids is 2. The summed E-state index contributed by atoms with van der Waals surface area (Å²) in [7, 11) is 1.45. The molecule has 5 bridgehead atoms. The second kappa shape index (κ2) is 18.1. The number of aliphatic hydroxyl groups is 3. The number of allylic oxidation sites excluding steroid dienone is 2. The topological polar surface area (TPSA) is 214 Å². The molecule has 4 heterocycles. The van der Waals surface area contributed by atoms with E-state index in [9.17, 15) is 40.2 Å². The van der Waals surface area contributed by atoms with E-state index in [1.165, 1.54) is 71.3 Å². The van der Waals surface area contributed by atoms with Crippen molar-refractivity contribution in [1.82, 2.24) is 9.91 Å². The molecule has 0 spiro atoms. The molecule has 1 aliphatic carbocycles. The Morgan fingerprint density at radius 1 is 0.867 bits per heavy atom. The van der Waals surface area contributed by atoms with E-state index in [1.807, 2.05) is 5.01 Å². The first-order chi connectivity index (χ1) is 28.4. The zero-order valence-electron chi connectivity index (χ0n) is 35.9. The number of nitrogens with zero attached hydrogens (tertiary/aromatic N) is 3. The minimum absolute atomic E-state index is 0.0742. The van der Waals surface area contributed by atoms with Crippen LogP contribution in [0.5, 0.6) is 23.0 Å². The number of benzene rings is 2. The second-order valence-electron chi connectivity index (χ2n) is 17.2. The summed E-state index contributed by atoms with van der Waals surface area (Å²) in [5.74, 6) is -7.52. The van der Waals surface area contributed by atoms with Crippen LogP contribution in [-0.4, -0.2) is 128 Å². The lowest BCUT2D eigenvalue weighted by atomic mass is 9.78. The number of fused-ring (bicyclic) bond motifs is 14. The second-order valence-corrected chi connectivity index (χ2v) is 17.2. The average Bonchev–Trinajstić information content (AvgIpc) is 3.87. The summed E-state index contributed by atoms with van der Waals surface area (Å²) < 4.78 is 17.8. The van der Waals surface area contributed by atoms with E-state index in [0.29, 0.717) is 19.1 Å². The van der Waals surface area contributed by atoms with Crippen LogP contribution < -0.4 is 10.1 Å². The number of phenols is 3. The number of phenolic OH excluding ortho intramolecular Hbond substituents is 3. The smallest absolute Gasteiger partial charge is 0.312 e. The monoisotopic (exact) mass is 834 g/mol. The first-order valence-corrected chi connectivity index (χ1v) is 21.0. The van der Waals surface area contributed by atoms with E-state index in [-0.39, 0.29) is 44.5 Å². The SMILES string of the molecule is CO[C@H]1/C=C\O[C@@]2(C)Oc3c(C)c(O)c4c(O)c(c(C=NN5CCN(C6CCCC6)CC5)c(O)c4c3C2=O)NC(=O)/C(C)=C\C=C/[C@H](C)[C@H](O)[C@@H](C)[C@@H](O)[C@@H](C)[C@H](O)[C@@H]1C. The number of piperazine rings is 1. The summed E-state index contributed by atoms with van der Waals surface area (Å²) in [5, 5.41) is 78.4. The molecule has 15 nitrogen and oxygen atoms in total. The molecule has 7 rings (SSSR count). The minimum atomic E-state index is -2.01. The van der Waals surface area contributed by atoms with Gasteiger partial charge in [0.15, 0.2) is 5.75 Å². The predicted molar refractivity (Wildman–Crippen MR) is 227 cm³/mol. The predicted octanol–water partition coefficient (Wildman–Crippen LogP) is 5.08. The molecule has 328 valence electrons. The van der Waals surface area contributed by atoms with Gasteiger partial charge in [-0.1, -0.05) is 58.8 Å². The summed E-state index contributed by atoms with van der Waals surface area (Å²) in [6.07, 6.45) is 9.71. The van der Waals surface area contributed by atoms with Crippen LogP contribution in [0.1, 0.15) is 88.7 Å². The fraction of sp³-hybridized carbons (Fsp3) is 0.578. The van der Waals surface area contributed by atoms with Gasteiger partial charge in [-0.25, -0.2) is 0 Å². The third-order valence-corrected chi connectivity index (χ3v) is 13.3. The summed E-state index contributed by atoms with van der Waals surface area (Å²) in [6.45, 7) is 14.1. The highest BCUT2D eigenvalue weighted by Gasteiger charge is 2.50. The molecule has 2 aromatic carbocycles. The Balaban J connectivity index is 1.46. The minimum Gasteiger partial charge on any atom is -0.507 e. The molecule has 0 aromatic heterocycles. The van der Waals surface area contributed by atoms with E-state index in [2.05, 4.69) is 15.3 Å². The third-order valence-electron chi connectivity index (χ3n) is 13.3. The Morgan fingerprint density at radius 3 is 2.15 bits per heavy atom. The highest BCUT2D eigenvalue weighted by Crippen LogP contribution is 2.55. The van der Waals surface area contributed by atoms with Crippen molar-refractivity contribution in [3.8, 4) is 23.0 Å². The normalized spacial score (nSPS) is 33.5. The molecule has 15 heteroatoms. The van der Waals surface area contributed by atoms with Gasteiger partial charge < -0.3 is 50.2 Å². The first kappa shape index (κ1) is 44.9. The highest BCUT2D eigenvalue weighted by atomic mass is 16.7. The molecule has 1 saturated carbocycles. The number of hydrogen-bond donors (Lipinski definition) is 7. The zero-order chi connectivity index (χ0) is 43.8. The number of aromatic hydroxyl groups is 3. The number of nitrogens with one attached hydrogen (secondary N) is 1. The van der Waals surface area contributed by atoms with Crippen molar-refractivity contribution >= 4 is 34.4 Å². The summed E-state index contributed by atoms with van der Waals surface area (Å²) >= 11 is 0. The van der Waals surface area contributed by atoms with Gasteiger partial charge in [0.25, 0.3) is 11.7 Å². The van der Waals surface area contributed by atoms with Gasteiger partial charge in [0.05, 0.1) is 59.1 Å². The summed E-state index contributed by atoms with van der Waals surface area (Å²) in [5.41, 5.74) is -0.233. The number of hydrazone groups is 1. The lowest BCUT2D eigenvalue weighted by Crippen LogP contribution is -2.47. The van der Waals surface area contributed by atoms with Gasteiger partial charge in [0.1, 0.15) is 17.2 Å². The van der Waals surface area contributed by atoms with Gasteiger partial charge in [-0.2, -0.15) is 5.10 Å². The zero-order valence-corrected chi connectivity index (χ0v) is 35.9. The van der Waals surface area contributed by atoms with E-state index in [0.717, 1.165) is 13.1 Å². The van der Waals surface area contributed by atoms with Crippen molar-refractivity contribution < 1.29 is 54.4 Å². The van der Waals surface area contributed by atoms with Gasteiger partial charge in [-0.15, -0.1) is 0 Å². The lowest BCUT2D eigenvalue weighted by molar-refractivity contribution is -0.112. The quantitative estimate of drug-likeness (QED) is 0.122. The number of rotatable bonds is 4. The van der Waals surface area contributed by atoms with Crippen molar-refractivity contribution in [3.05, 3.63) is 52.8 Å². The number of aliphatic hydroxyl groups excluding tert-OH is 3. The van der Waals surface area contributed by atoms with E-state index >= 15 is 0 Å². The molecular weight excluding hydrogens is 773 g/mol. The van der Waals surface area contributed by atoms with Gasteiger partial charge in [-0.3, -0.25) is 19.5 Å². The molecule has 1 amide bonds. The molecule has 4 aliphatic heterocycles. The number of Topliss-reactive ketones (excluding diaryl/α,β-unsaturated/α-hetero) is 1.